The van der Waals surface area contributed by atoms with Crippen molar-refractivity contribution in [1.82, 2.24) is 58.1 Å². The topological polar surface area (TPSA) is 284 Å². The molecule has 4 aliphatic carbocycles. The van der Waals surface area contributed by atoms with E-state index in [0.29, 0.717) is 58.9 Å². The summed E-state index contributed by atoms with van der Waals surface area (Å²) in [6, 6.07) is 73.4. The Morgan fingerprint density at radius 2 is 0.784 bits per heavy atom. The Kier molecular flexibility index (Phi) is 36.9. The number of rotatable bonds is 25. The maximum absolute atomic E-state index is 14.3. The predicted molar refractivity (Wildman–Crippen MR) is 525 cm³/mol. The van der Waals surface area contributed by atoms with Gasteiger partial charge in [-0.2, -0.15) is 17.6 Å². The fraction of sp³-hybridized carbons (Fsp3) is 0.318. The first-order valence-electron chi connectivity index (χ1n) is 47.2. The average Bonchev–Trinajstić information content (AvgIpc) is 1.26. The molecule has 3 unspecified atom stereocenters. The van der Waals surface area contributed by atoms with Crippen molar-refractivity contribution in [2.24, 2.45) is 23.7 Å². The second-order valence-electron chi connectivity index (χ2n) is 35.5. The molecular formula is C110H114BF4N12NaO10P. The monoisotopic (exact) mass is 1900 g/mol. The van der Waals surface area contributed by atoms with E-state index in [-0.39, 0.29) is 105 Å². The van der Waals surface area contributed by atoms with Gasteiger partial charge in [0.25, 0.3) is 5.97 Å². The van der Waals surface area contributed by atoms with Crippen molar-refractivity contribution in [3.05, 3.63) is 367 Å². The van der Waals surface area contributed by atoms with Crippen LogP contribution in [0.25, 0.3) is 51.1 Å². The van der Waals surface area contributed by atoms with Crippen LogP contribution in [0.1, 0.15) is 223 Å². The number of pyridine rings is 4. The fourth-order valence-corrected chi connectivity index (χ4v) is 21.3. The second-order valence-corrected chi connectivity index (χ2v) is 37.7. The number of aliphatic hydroxyl groups is 1. The minimum absolute atomic E-state index is 0. The van der Waals surface area contributed by atoms with Gasteiger partial charge in [-0.25, -0.2) is 39.9 Å². The van der Waals surface area contributed by atoms with Crippen LogP contribution < -0.4 is 29.6 Å². The van der Waals surface area contributed by atoms with Crippen molar-refractivity contribution >= 4 is 51.7 Å². The Bertz CT molecular complexity index is 6280. The van der Waals surface area contributed by atoms with Gasteiger partial charge in [-0.1, -0.05) is 259 Å². The van der Waals surface area contributed by atoms with Crippen LogP contribution in [0.2, 0.25) is 0 Å². The summed E-state index contributed by atoms with van der Waals surface area (Å²) in [6.45, 7) is 1.08. The number of carbonyl (C=O) groups excluding carboxylic acids is 4. The first-order chi connectivity index (χ1) is 66.7. The number of carbonyl (C=O) groups is 5. The zero-order valence-electron chi connectivity index (χ0n) is 79.7. The number of aldehydes is 1. The number of ketones is 3. The summed E-state index contributed by atoms with van der Waals surface area (Å²) < 4.78 is 84.4. The molecule has 139 heavy (non-hydrogen) atoms. The van der Waals surface area contributed by atoms with Crippen LogP contribution in [0.4, 0.5) is 17.6 Å². The van der Waals surface area contributed by atoms with E-state index in [4.69, 9.17) is 23.9 Å². The van der Waals surface area contributed by atoms with Crippen molar-refractivity contribution in [1.29, 1.82) is 0 Å². The van der Waals surface area contributed by atoms with Crippen molar-refractivity contribution in [2.75, 3.05) is 20.4 Å². The van der Waals surface area contributed by atoms with Gasteiger partial charge < -0.3 is 39.0 Å². The van der Waals surface area contributed by atoms with E-state index in [1.807, 2.05) is 142 Å². The zero-order valence-corrected chi connectivity index (χ0v) is 81.6. The van der Waals surface area contributed by atoms with Crippen LogP contribution in [-0.2, 0) is 43.9 Å². The van der Waals surface area contributed by atoms with Crippen molar-refractivity contribution in [3.8, 4) is 45.0 Å². The summed E-state index contributed by atoms with van der Waals surface area (Å²) in [5, 5.41) is 18.1. The van der Waals surface area contributed by atoms with Crippen LogP contribution >= 0.6 is 7.60 Å². The Morgan fingerprint density at radius 3 is 1.17 bits per heavy atom. The molecule has 0 saturated heterocycles. The fourth-order valence-electron chi connectivity index (χ4n) is 20.2. The number of aliphatic carboxylic acids is 1. The van der Waals surface area contributed by atoms with Crippen LogP contribution in [-0.4, -0.2) is 133 Å². The summed E-state index contributed by atoms with van der Waals surface area (Å²) in [7, 11) is -0.518. The summed E-state index contributed by atoms with van der Waals surface area (Å²) in [4.78, 5) is 91.7. The third-order valence-corrected chi connectivity index (χ3v) is 28.8. The maximum atomic E-state index is 14.3. The Labute approximate surface area is 833 Å². The largest absolute Gasteiger partial charge is 1.00 e. The number of allylic oxidation sites excluding steroid dienone is 1. The number of fused-ring (bicyclic) bond motifs is 6. The minimum atomic E-state index is -3.15. The summed E-state index contributed by atoms with van der Waals surface area (Å²) in [5.41, 5.74) is 12.8. The van der Waals surface area contributed by atoms with Crippen LogP contribution in [0.5, 0.6) is 0 Å². The molecule has 20 rings (SSSR count). The number of aliphatic hydroxyl groups excluding tert-OH is 1. The molecule has 14 aromatic rings. The molecule has 4 fully saturated rings. The number of hydrogen-bond acceptors (Lipinski definition) is 17. The number of benzene rings is 6. The molecule has 2 N–H and O–H groups in total. The van der Waals surface area contributed by atoms with E-state index in [1.54, 1.807) is 61.7 Å². The van der Waals surface area contributed by atoms with Gasteiger partial charge in [0.05, 0.1) is 95.7 Å². The van der Waals surface area contributed by atoms with Crippen LogP contribution in [0.15, 0.2) is 287 Å². The Balaban J connectivity index is 0.000000160. The number of nitrogens with zero attached hydrogens (tertiary/aromatic N) is 12. The standard InChI is InChI=1S/C36H32FN3O.C28H20FN3O.C17H20FN3O.C17H18FN3O.C10H19O4P.C2H4O2.B.Na.H/c37-35-24-21-31(32(39-35)22-23-34(41)27-13-5-1-6-14-27)33-25-40(26-38-33)36(28-15-7-2-8-16-28,29-17-9-3-10-18-29)30-19-11-4-12-20-30;29-27-17-16-24(26(19-33)31-27)25-18-32(20-30-25)28(21-10-4-1-5-11-21,22-12-6-2-7-13-22)23-14-8-3-9-15-23;2*18-16-7-6-12-14-9-19-10-21(14)13(17(12)20-16)8-15(22)11-4-2-1-3-5-11;1-13-15(12,14-2)8-10(11)9-6-4-3-5-7-9;1-2(3)4;;;/h2-4,7-12,15-27H,1,5-6,13-14H2;1-20H;6-7,9-11,13,15,22H,1-5,8H2;6-7,9-11,13H,1-5,8H2;9H,3-8H2,1-2H3;1H3,(H,3,4);;;/q;;;;;;;+1;-1/b23-22+;;;;;;;;. The molecule has 2 aliphatic heterocycles. The smallest absolute Gasteiger partial charge is 1.00 e. The molecule has 22 nitrogen and oxygen atoms in total. The zero-order chi connectivity index (χ0) is 95.8. The summed E-state index contributed by atoms with van der Waals surface area (Å²) in [5.74, 6) is -2.05. The predicted octanol–water partition coefficient (Wildman–Crippen LogP) is 20.1. The van der Waals surface area contributed by atoms with Crippen molar-refractivity contribution in [2.45, 2.75) is 177 Å². The van der Waals surface area contributed by atoms with Crippen molar-refractivity contribution < 1.29 is 96.3 Å². The van der Waals surface area contributed by atoms with Crippen LogP contribution in [0.3, 0.4) is 0 Å². The molecule has 8 aromatic heterocycles. The number of carboxylic acids is 1. The third kappa shape index (κ3) is 24.5. The number of imidazole rings is 4. The SMILES string of the molecule is CC(=O)O.COP(=O)(CC(=O)C1CCCCC1)OC.O=C(/C=C/c1nc(F)ccc1-c1cn(C(c2ccccc2)(c2ccccc2)c2ccccc2)cn1)C1CCCCC1.O=C(CC1c2nc(F)ccc2-c2cncn21)C1CCCCC1.O=Cc1nc(F)ccc1-c1cn(C(c2ccccc2)(c2ccccc2)c2ccccc2)cn1.OC(CC1c2nc(F)ccc2-c2cncn21)C1CCCCC1.[B].[H-].[Na+]. The van der Waals surface area contributed by atoms with Gasteiger partial charge >= 0.3 is 37.2 Å². The van der Waals surface area contributed by atoms with E-state index < -0.39 is 48.4 Å². The molecule has 29 heteroatoms. The molecule has 3 radical (unpaired) electrons. The Morgan fingerprint density at radius 1 is 0.453 bits per heavy atom. The number of halogens is 4. The molecular weight excluding hydrogens is 1790 g/mol. The van der Waals surface area contributed by atoms with Gasteiger partial charge in [-0.05, 0) is 151 Å². The number of Topliss-reactive ketones (excluding diaryl/α,β-unsaturated/α-hetero) is 2. The molecule has 0 spiro atoms. The van der Waals surface area contributed by atoms with Crippen LogP contribution in [0, 0.1) is 47.5 Å². The minimum Gasteiger partial charge on any atom is -1.00 e. The molecule has 0 bridgehead atoms. The summed E-state index contributed by atoms with van der Waals surface area (Å²) >= 11 is 0. The molecule has 10 heterocycles. The maximum Gasteiger partial charge on any atom is 1.00 e. The number of aromatic nitrogens is 12. The van der Waals surface area contributed by atoms with E-state index in [1.165, 1.54) is 83.1 Å². The average molecular weight is 1900 g/mol. The quantitative estimate of drug-likeness (QED) is 0.0102. The molecule has 0 amide bonds. The van der Waals surface area contributed by atoms with Gasteiger partial charge in [0.15, 0.2) is 12.1 Å². The molecule has 3 atom stereocenters. The van der Waals surface area contributed by atoms with Gasteiger partial charge in [0, 0.05) is 94.8 Å². The van der Waals surface area contributed by atoms with Gasteiger partial charge in [-0.15, -0.1) is 0 Å². The van der Waals surface area contributed by atoms with Gasteiger partial charge in [0.1, 0.15) is 34.5 Å². The van der Waals surface area contributed by atoms with E-state index in [2.05, 4.69) is 112 Å². The molecule has 6 aromatic carbocycles. The van der Waals surface area contributed by atoms with E-state index in [9.17, 15) is 46.4 Å². The molecule has 6 aliphatic rings. The van der Waals surface area contributed by atoms with Gasteiger partial charge in [0.2, 0.25) is 23.8 Å². The van der Waals surface area contributed by atoms with Crippen molar-refractivity contribution in [3.63, 3.8) is 0 Å². The third-order valence-electron chi connectivity index (χ3n) is 27.0. The summed E-state index contributed by atoms with van der Waals surface area (Å²) in [6.07, 6.45) is 40.5. The number of carboxylic acid groups (broad SMARTS) is 1. The first kappa shape index (κ1) is 104. The first-order valence-corrected chi connectivity index (χ1v) is 48.9. The second kappa shape index (κ2) is 49.4. The van der Waals surface area contributed by atoms with E-state index >= 15 is 0 Å². The Hall–Kier alpha value is -12.5. The molecule has 4 saturated carbocycles. The van der Waals surface area contributed by atoms with Gasteiger partial charge in [-0.3, -0.25) is 28.5 Å². The van der Waals surface area contributed by atoms with E-state index in [0.717, 1.165) is 158 Å². The normalized spacial score (nSPS) is 16.0. The molecule has 711 valence electrons. The number of hydrogen-bond donors (Lipinski definition) is 2.